The number of benzene rings is 1. The minimum absolute atomic E-state index is 0.610. The van der Waals surface area contributed by atoms with Crippen LogP contribution in [0, 0.1) is 20.6 Å². The largest absolute Gasteiger partial charge is 0.478 e. The van der Waals surface area contributed by atoms with Gasteiger partial charge in [-0.15, -0.1) is 0 Å². The first-order chi connectivity index (χ1) is 9.15. The minimum Gasteiger partial charge on any atom is -0.478 e. The van der Waals surface area contributed by atoms with Crippen molar-refractivity contribution in [1.29, 1.82) is 0 Å². The molecule has 0 aromatic heterocycles. The Bertz CT molecular complexity index is 566. The van der Waals surface area contributed by atoms with Gasteiger partial charge >= 0.3 is 5.97 Å². The molecule has 1 aromatic carbocycles. The Labute approximate surface area is 84.5 Å². The molecule has 0 radical (unpaired) electrons. The average molecular weight is 173 g/mol. The van der Waals surface area contributed by atoms with E-state index in [1.165, 1.54) is 0 Å². The predicted octanol–water partition coefficient (Wildman–Crippen LogP) is 2.31. The fourth-order valence-corrected chi connectivity index (χ4v) is 0.777. The molecule has 0 bridgehead atoms. The van der Waals surface area contributed by atoms with E-state index in [0.717, 1.165) is 0 Å². The Kier molecular flexibility index (Phi) is 0.641. The smallest absolute Gasteiger partial charge is 0.335 e. The number of aromatic carboxylic acids is 1. The SMILES string of the molecule is [2H]C([2H])([2H])c1cc(C([2H])([2H])[2H])c(C([2H])([2H])[2H])cc1C(=O)O. The summed E-state index contributed by atoms with van der Waals surface area (Å²) in [5, 5.41) is 9.04. The summed E-state index contributed by atoms with van der Waals surface area (Å²) in [6.45, 7) is -8.62. The number of carboxylic acid groups (broad SMARTS) is 1. The first-order valence-corrected chi connectivity index (χ1v) is 3.08. The second kappa shape index (κ2) is 2.97. The molecular weight excluding hydrogens is 152 g/mol. The second-order valence-electron chi connectivity index (χ2n) is 2.25. The highest BCUT2D eigenvalue weighted by Crippen LogP contribution is 2.14. The topological polar surface area (TPSA) is 37.3 Å². The lowest BCUT2D eigenvalue weighted by Gasteiger charge is -2.05. The van der Waals surface area contributed by atoms with Crippen molar-refractivity contribution in [2.24, 2.45) is 0 Å². The molecule has 2 nitrogen and oxygen atoms in total. The highest BCUT2D eigenvalue weighted by Gasteiger charge is 2.07. The molecule has 0 saturated heterocycles. The molecule has 2 heteroatoms. The summed E-state index contributed by atoms with van der Waals surface area (Å²) >= 11 is 0. The number of rotatable bonds is 1. The van der Waals surface area contributed by atoms with Crippen molar-refractivity contribution >= 4 is 5.97 Å². The third-order valence-electron chi connectivity index (χ3n) is 1.39. The number of hydrogen-bond donors (Lipinski definition) is 1. The molecule has 64 valence electrons. The second-order valence-corrected chi connectivity index (χ2v) is 2.25. The van der Waals surface area contributed by atoms with Gasteiger partial charge in [-0.2, -0.15) is 0 Å². The van der Waals surface area contributed by atoms with Crippen LogP contribution in [0.4, 0.5) is 0 Å². The van der Waals surface area contributed by atoms with Crippen molar-refractivity contribution in [1.82, 2.24) is 0 Å². The van der Waals surface area contributed by atoms with Crippen LogP contribution in [-0.4, -0.2) is 11.1 Å². The normalized spacial score (nSPS) is 24.2. The molecule has 1 N–H and O–H groups in total. The summed E-state index contributed by atoms with van der Waals surface area (Å²) in [5.41, 5.74) is -2.81. The van der Waals surface area contributed by atoms with Gasteiger partial charge in [-0.25, -0.2) is 4.79 Å². The molecule has 0 heterocycles. The highest BCUT2D eigenvalue weighted by molar-refractivity contribution is 5.89. The Hall–Kier alpha value is -1.31. The molecule has 0 aliphatic carbocycles. The van der Waals surface area contributed by atoms with Crippen molar-refractivity contribution in [2.75, 3.05) is 0 Å². The van der Waals surface area contributed by atoms with E-state index >= 15 is 0 Å². The number of carbonyl (C=O) groups is 1. The van der Waals surface area contributed by atoms with Crippen LogP contribution < -0.4 is 0 Å². The van der Waals surface area contributed by atoms with Gasteiger partial charge in [-0.3, -0.25) is 0 Å². The lowest BCUT2D eigenvalue weighted by Crippen LogP contribution is -2.00. The highest BCUT2D eigenvalue weighted by atomic mass is 16.4. The summed E-state index contributed by atoms with van der Waals surface area (Å²) in [6, 6.07) is 1.24. The van der Waals surface area contributed by atoms with Gasteiger partial charge in [0.2, 0.25) is 0 Å². The van der Waals surface area contributed by atoms with Gasteiger partial charge in [0.15, 0.2) is 0 Å². The summed E-state index contributed by atoms with van der Waals surface area (Å²) in [6.07, 6.45) is 0. The zero-order valence-corrected chi connectivity index (χ0v) is 6.01. The first kappa shape index (κ1) is 2.59. The molecule has 0 unspecified atom stereocenters. The molecule has 0 aliphatic heterocycles. The fourth-order valence-electron chi connectivity index (χ4n) is 0.777. The lowest BCUT2D eigenvalue weighted by molar-refractivity contribution is 0.0696. The van der Waals surface area contributed by atoms with Gasteiger partial charge in [-0.1, -0.05) is 6.07 Å². The Balaban J connectivity index is 3.84. The van der Waals surface area contributed by atoms with Crippen LogP contribution in [0.25, 0.3) is 0 Å². The summed E-state index contributed by atoms with van der Waals surface area (Å²) in [4.78, 5) is 11.1. The molecule has 0 atom stereocenters. The monoisotopic (exact) mass is 173 g/mol. The maximum Gasteiger partial charge on any atom is 0.335 e. The van der Waals surface area contributed by atoms with Crippen molar-refractivity contribution in [3.05, 3.63) is 34.4 Å². The molecule has 0 fully saturated rings. The number of hydrogen-bond acceptors (Lipinski definition) is 1. The van der Waals surface area contributed by atoms with Gasteiger partial charge in [0.25, 0.3) is 0 Å². The van der Waals surface area contributed by atoms with E-state index in [1.54, 1.807) is 0 Å². The van der Waals surface area contributed by atoms with E-state index in [-0.39, 0.29) is 0 Å². The third kappa shape index (κ3) is 1.47. The molecule has 0 saturated carbocycles. The quantitative estimate of drug-likeness (QED) is 0.707. The van der Waals surface area contributed by atoms with Crippen LogP contribution in [0.15, 0.2) is 12.1 Å². The van der Waals surface area contributed by atoms with E-state index in [0.29, 0.717) is 12.1 Å². The van der Waals surface area contributed by atoms with E-state index in [9.17, 15) is 4.79 Å². The minimum atomic E-state index is -2.87. The molecule has 0 amide bonds. The van der Waals surface area contributed by atoms with Crippen LogP contribution in [0.3, 0.4) is 0 Å². The summed E-state index contributed by atoms with van der Waals surface area (Å²) in [5.74, 6) is -1.64. The maximum atomic E-state index is 11.1. The predicted molar refractivity (Wildman–Crippen MR) is 47.6 cm³/mol. The molecule has 1 rings (SSSR count). The van der Waals surface area contributed by atoms with Crippen molar-refractivity contribution < 1.29 is 22.2 Å². The molecule has 0 spiro atoms. The van der Waals surface area contributed by atoms with Crippen LogP contribution in [0.1, 0.15) is 39.4 Å². The molecule has 12 heavy (non-hydrogen) atoms. The van der Waals surface area contributed by atoms with E-state index in [1.807, 2.05) is 0 Å². The third-order valence-corrected chi connectivity index (χ3v) is 1.39. The van der Waals surface area contributed by atoms with Crippen molar-refractivity contribution in [3.8, 4) is 0 Å². The van der Waals surface area contributed by atoms with Gasteiger partial charge in [0.05, 0.1) is 5.56 Å². The zero-order valence-electron chi connectivity index (χ0n) is 15.0. The van der Waals surface area contributed by atoms with Gasteiger partial charge in [0, 0.05) is 12.3 Å². The van der Waals surface area contributed by atoms with Crippen LogP contribution in [-0.2, 0) is 0 Å². The van der Waals surface area contributed by atoms with E-state index < -0.39 is 48.8 Å². The van der Waals surface area contributed by atoms with Crippen LogP contribution in [0.2, 0.25) is 0 Å². The Morgan fingerprint density at radius 1 is 1.25 bits per heavy atom. The van der Waals surface area contributed by atoms with Gasteiger partial charge in [0.1, 0.15) is 0 Å². The fraction of sp³-hybridized carbons (Fsp3) is 0.300. The van der Waals surface area contributed by atoms with E-state index in [2.05, 4.69) is 0 Å². The summed E-state index contributed by atoms with van der Waals surface area (Å²) < 4.78 is 65.7. The molecule has 1 aromatic rings. The Morgan fingerprint density at radius 2 is 1.83 bits per heavy atom. The Morgan fingerprint density at radius 3 is 2.33 bits per heavy atom. The standard InChI is InChI=1S/C10H12O2/c1-6-4-8(3)9(10(11)12)5-7(6)2/h4-5H,1-3H3,(H,11,12)/i1D3,2D3,3D3. The van der Waals surface area contributed by atoms with Crippen LogP contribution >= 0.6 is 0 Å². The molecule has 0 aliphatic rings. The van der Waals surface area contributed by atoms with E-state index in [4.69, 9.17) is 17.4 Å². The zero-order chi connectivity index (χ0) is 16.8. The number of carboxylic acids is 1. The average Bonchev–Trinajstić information content (AvgIpc) is 2.23. The first-order valence-electron chi connectivity index (χ1n) is 7.58. The van der Waals surface area contributed by atoms with Gasteiger partial charge in [-0.05, 0) is 43.3 Å². The maximum absolute atomic E-state index is 11.1. The number of aryl methyl sites for hydroxylation is 3. The lowest BCUT2D eigenvalue weighted by atomic mass is 10.0. The van der Waals surface area contributed by atoms with Crippen molar-refractivity contribution in [3.63, 3.8) is 0 Å². The molecular formula is C10H12O2. The van der Waals surface area contributed by atoms with Crippen LogP contribution in [0.5, 0.6) is 0 Å². The van der Waals surface area contributed by atoms with Crippen molar-refractivity contribution in [2.45, 2.75) is 20.6 Å². The summed E-state index contributed by atoms with van der Waals surface area (Å²) in [7, 11) is 0. The van der Waals surface area contributed by atoms with Gasteiger partial charge < -0.3 is 5.11 Å².